The van der Waals surface area contributed by atoms with Crippen molar-refractivity contribution in [3.8, 4) is 0 Å². The van der Waals surface area contributed by atoms with Crippen LogP contribution in [0.2, 0.25) is 0 Å². The molecule has 1 atom stereocenters. The van der Waals surface area contributed by atoms with Gasteiger partial charge in [0.15, 0.2) is 10.8 Å². The summed E-state index contributed by atoms with van der Waals surface area (Å²) in [6.45, 7) is 5.68. The van der Waals surface area contributed by atoms with Crippen LogP contribution in [0.15, 0.2) is 11.6 Å². The Bertz CT molecular complexity index is 550. The van der Waals surface area contributed by atoms with Crippen LogP contribution in [0.4, 0.5) is 5.82 Å². The zero-order valence-electron chi connectivity index (χ0n) is 11.4. The van der Waals surface area contributed by atoms with Crippen molar-refractivity contribution in [3.05, 3.63) is 17.3 Å². The highest BCUT2D eigenvalue weighted by atomic mass is 32.1. The second-order valence-corrected chi connectivity index (χ2v) is 5.69. The Morgan fingerprint density at radius 2 is 2.47 bits per heavy atom. The molecule has 5 nitrogen and oxygen atoms in total. The molecule has 3 rings (SSSR count). The number of nitrogens with one attached hydrogen (secondary N) is 1. The minimum Gasteiger partial charge on any atom is -0.375 e. The van der Waals surface area contributed by atoms with Gasteiger partial charge in [0.2, 0.25) is 0 Å². The molecule has 0 spiro atoms. The number of aromatic nitrogens is 2. The topological polar surface area (TPSA) is 41.8 Å². The van der Waals surface area contributed by atoms with Crippen molar-refractivity contribution in [1.29, 1.82) is 0 Å². The standard InChI is InChI=1S/C13H20N4OS/c1-3-10-9-16(4-6-18-10)12-11(8-14-2)17-5-7-19-13(17)15-12/h5,7,10,14H,3-4,6,8-9H2,1-2H3. The van der Waals surface area contributed by atoms with E-state index >= 15 is 0 Å². The van der Waals surface area contributed by atoms with Gasteiger partial charge in [-0.25, -0.2) is 4.98 Å². The Morgan fingerprint density at radius 1 is 1.58 bits per heavy atom. The van der Waals surface area contributed by atoms with Crippen LogP contribution in [0, 0.1) is 0 Å². The average Bonchev–Trinajstić information content (AvgIpc) is 3.02. The van der Waals surface area contributed by atoms with Gasteiger partial charge in [0.25, 0.3) is 0 Å². The summed E-state index contributed by atoms with van der Waals surface area (Å²) in [4.78, 5) is 8.23. The van der Waals surface area contributed by atoms with E-state index in [1.807, 2.05) is 7.05 Å². The van der Waals surface area contributed by atoms with Crippen molar-refractivity contribution in [2.45, 2.75) is 26.0 Å². The van der Waals surface area contributed by atoms with Gasteiger partial charge >= 0.3 is 0 Å². The van der Waals surface area contributed by atoms with Crippen LogP contribution in [0.5, 0.6) is 0 Å². The summed E-state index contributed by atoms with van der Waals surface area (Å²) in [6, 6.07) is 0. The first-order valence-electron chi connectivity index (χ1n) is 6.79. The Balaban J connectivity index is 1.94. The first-order valence-corrected chi connectivity index (χ1v) is 7.67. The molecule has 104 valence electrons. The molecule has 0 saturated carbocycles. The SMILES string of the molecule is CCC1CN(c2nc3sccn3c2CNC)CCO1. The summed E-state index contributed by atoms with van der Waals surface area (Å²) in [6.07, 6.45) is 3.48. The van der Waals surface area contributed by atoms with E-state index in [1.165, 1.54) is 5.69 Å². The van der Waals surface area contributed by atoms with Crippen molar-refractivity contribution in [2.24, 2.45) is 0 Å². The van der Waals surface area contributed by atoms with Gasteiger partial charge in [-0.15, -0.1) is 11.3 Å². The fourth-order valence-electron chi connectivity index (χ4n) is 2.56. The average molecular weight is 280 g/mol. The number of hydrogen-bond acceptors (Lipinski definition) is 5. The van der Waals surface area contributed by atoms with Gasteiger partial charge in [-0.1, -0.05) is 6.92 Å². The summed E-state index contributed by atoms with van der Waals surface area (Å²) in [5.41, 5.74) is 1.25. The lowest BCUT2D eigenvalue weighted by molar-refractivity contribution is 0.0381. The molecule has 6 heteroatoms. The Hall–Kier alpha value is -1.11. The number of ether oxygens (including phenoxy) is 1. The second-order valence-electron chi connectivity index (χ2n) is 4.82. The molecule has 2 aromatic heterocycles. The highest BCUT2D eigenvalue weighted by Crippen LogP contribution is 2.26. The fraction of sp³-hybridized carbons (Fsp3) is 0.615. The number of hydrogen-bond donors (Lipinski definition) is 1. The zero-order valence-corrected chi connectivity index (χ0v) is 12.2. The van der Waals surface area contributed by atoms with E-state index in [9.17, 15) is 0 Å². The van der Waals surface area contributed by atoms with Crippen LogP contribution in [0.1, 0.15) is 19.0 Å². The van der Waals surface area contributed by atoms with E-state index in [-0.39, 0.29) is 0 Å². The smallest absolute Gasteiger partial charge is 0.195 e. The van der Waals surface area contributed by atoms with E-state index in [0.717, 1.165) is 43.4 Å². The molecule has 1 aliphatic rings. The predicted octanol–water partition coefficient (Wildman–Crippen LogP) is 1.73. The van der Waals surface area contributed by atoms with Crippen molar-refractivity contribution in [1.82, 2.24) is 14.7 Å². The Morgan fingerprint density at radius 3 is 3.26 bits per heavy atom. The Labute approximate surface area is 117 Å². The number of rotatable bonds is 4. The van der Waals surface area contributed by atoms with Crippen LogP contribution in [-0.4, -0.2) is 42.2 Å². The fourth-order valence-corrected chi connectivity index (χ4v) is 3.29. The number of nitrogens with zero attached hydrogens (tertiary/aromatic N) is 3. The van der Waals surface area contributed by atoms with Gasteiger partial charge < -0.3 is 15.0 Å². The molecule has 0 bridgehead atoms. The number of imidazole rings is 1. The molecule has 1 fully saturated rings. The monoisotopic (exact) mass is 280 g/mol. The van der Waals surface area contributed by atoms with Gasteiger partial charge in [-0.05, 0) is 13.5 Å². The maximum absolute atomic E-state index is 5.74. The van der Waals surface area contributed by atoms with Crippen molar-refractivity contribution in [3.63, 3.8) is 0 Å². The van der Waals surface area contributed by atoms with Crippen molar-refractivity contribution >= 4 is 22.1 Å². The number of morpholine rings is 1. The predicted molar refractivity (Wildman–Crippen MR) is 78.1 cm³/mol. The molecule has 1 aliphatic heterocycles. The van der Waals surface area contributed by atoms with Gasteiger partial charge in [-0.3, -0.25) is 4.40 Å². The zero-order chi connectivity index (χ0) is 13.2. The van der Waals surface area contributed by atoms with E-state index in [1.54, 1.807) is 11.3 Å². The lowest BCUT2D eigenvalue weighted by Gasteiger charge is -2.33. The minimum absolute atomic E-state index is 0.330. The molecule has 0 aromatic carbocycles. The minimum atomic E-state index is 0.330. The molecular weight excluding hydrogens is 260 g/mol. The van der Waals surface area contributed by atoms with E-state index in [4.69, 9.17) is 9.72 Å². The van der Waals surface area contributed by atoms with Gasteiger partial charge in [0, 0.05) is 31.2 Å². The summed E-state index contributed by atoms with van der Waals surface area (Å²) < 4.78 is 7.93. The quantitative estimate of drug-likeness (QED) is 0.926. The molecule has 1 saturated heterocycles. The first kappa shape index (κ1) is 12.9. The number of anilines is 1. The largest absolute Gasteiger partial charge is 0.375 e. The van der Waals surface area contributed by atoms with Crippen molar-refractivity contribution < 1.29 is 4.74 Å². The van der Waals surface area contributed by atoms with Gasteiger partial charge in [-0.2, -0.15) is 0 Å². The van der Waals surface area contributed by atoms with E-state index in [0.29, 0.717) is 6.10 Å². The van der Waals surface area contributed by atoms with Gasteiger partial charge in [0.05, 0.1) is 18.4 Å². The first-order chi connectivity index (χ1) is 9.33. The van der Waals surface area contributed by atoms with Crippen LogP contribution in [0.3, 0.4) is 0 Å². The van der Waals surface area contributed by atoms with Crippen LogP contribution in [-0.2, 0) is 11.3 Å². The van der Waals surface area contributed by atoms with Gasteiger partial charge in [0.1, 0.15) is 0 Å². The molecule has 1 N–H and O–H groups in total. The second kappa shape index (κ2) is 5.48. The number of thiazole rings is 1. The molecule has 1 unspecified atom stereocenters. The molecule has 19 heavy (non-hydrogen) atoms. The molecule has 0 radical (unpaired) electrons. The van der Waals surface area contributed by atoms with Crippen LogP contribution >= 0.6 is 11.3 Å². The molecule has 0 aliphatic carbocycles. The molecule has 2 aromatic rings. The molecular formula is C13H20N4OS. The normalized spacial score (nSPS) is 20.3. The van der Waals surface area contributed by atoms with E-state index in [2.05, 4.69) is 33.1 Å². The third-order valence-electron chi connectivity index (χ3n) is 3.58. The highest BCUT2D eigenvalue weighted by molar-refractivity contribution is 7.15. The Kier molecular flexibility index (Phi) is 3.72. The third-order valence-corrected chi connectivity index (χ3v) is 4.33. The summed E-state index contributed by atoms with van der Waals surface area (Å²) in [7, 11) is 1.98. The maximum Gasteiger partial charge on any atom is 0.195 e. The maximum atomic E-state index is 5.74. The highest BCUT2D eigenvalue weighted by Gasteiger charge is 2.24. The van der Waals surface area contributed by atoms with Crippen LogP contribution in [0.25, 0.3) is 4.96 Å². The lowest BCUT2D eigenvalue weighted by atomic mass is 10.2. The third kappa shape index (κ3) is 2.35. The summed E-state index contributed by atoms with van der Waals surface area (Å²) in [5.74, 6) is 1.11. The number of fused-ring (bicyclic) bond motifs is 1. The van der Waals surface area contributed by atoms with Crippen molar-refractivity contribution in [2.75, 3.05) is 31.6 Å². The lowest BCUT2D eigenvalue weighted by Crippen LogP contribution is -2.43. The molecule has 0 amide bonds. The van der Waals surface area contributed by atoms with E-state index < -0.39 is 0 Å². The molecule has 3 heterocycles. The summed E-state index contributed by atoms with van der Waals surface area (Å²) >= 11 is 1.68. The van der Waals surface area contributed by atoms with Crippen LogP contribution < -0.4 is 10.2 Å². The summed E-state index contributed by atoms with van der Waals surface area (Å²) in [5, 5.41) is 5.33.